The van der Waals surface area contributed by atoms with Gasteiger partial charge in [-0.15, -0.1) is 0 Å². The zero-order chi connectivity index (χ0) is 22.5. The number of anilines is 1. The van der Waals surface area contributed by atoms with Crippen LogP contribution < -0.4 is 9.64 Å². The van der Waals surface area contributed by atoms with E-state index in [0.29, 0.717) is 17.0 Å². The summed E-state index contributed by atoms with van der Waals surface area (Å²) in [6.07, 6.45) is 3.58. The molecule has 4 rings (SSSR count). The quantitative estimate of drug-likeness (QED) is 0.334. The largest absolute Gasteiger partial charge is 0.426 e. The van der Waals surface area contributed by atoms with Crippen molar-refractivity contribution in [3.8, 4) is 11.4 Å². The van der Waals surface area contributed by atoms with E-state index in [2.05, 4.69) is 5.10 Å². The third kappa shape index (κ3) is 4.92. The molecule has 0 aliphatic heterocycles. The van der Waals surface area contributed by atoms with E-state index in [0.717, 1.165) is 16.8 Å². The summed E-state index contributed by atoms with van der Waals surface area (Å²) in [5.41, 5.74) is 4.11. The van der Waals surface area contributed by atoms with Gasteiger partial charge < -0.3 is 9.64 Å². The minimum Gasteiger partial charge on any atom is -0.426 e. The number of hydrogen-bond acceptors (Lipinski definition) is 4. The fourth-order valence-corrected chi connectivity index (χ4v) is 3.25. The van der Waals surface area contributed by atoms with Crippen molar-refractivity contribution in [3.05, 3.63) is 108 Å². The molecule has 0 radical (unpaired) electrons. The molecule has 0 fully saturated rings. The van der Waals surface area contributed by atoms with E-state index >= 15 is 0 Å². The monoisotopic (exact) mass is 425 g/mol. The Morgan fingerprint density at radius 3 is 2.31 bits per heavy atom. The summed E-state index contributed by atoms with van der Waals surface area (Å²) >= 11 is 0. The Kier molecular flexibility index (Phi) is 6.12. The van der Waals surface area contributed by atoms with Gasteiger partial charge in [0.05, 0.1) is 18.3 Å². The maximum Gasteiger partial charge on any atom is 0.315 e. The molecule has 0 aliphatic carbocycles. The summed E-state index contributed by atoms with van der Waals surface area (Å²) in [5, 5.41) is 4.30. The second-order valence-corrected chi connectivity index (χ2v) is 7.50. The molecule has 4 aromatic rings. The number of rotatable bonds is 6. The first-order valence-electron chi connectivity index (χ1n) is 10.2. The maximum atomic E-state index is 12.7. The number of aromatic nitrogens is 2. The molecule has 1 heterocycles. The highest BCUT2D eigenvalue weighted by Crippen LogP contribution is 2.21. The average Bonchev–Trinajstić information content (AvgIpc) is 3.28. The number of carbonyl (C=O) groups excluding carboxylic acids is 2. The van der Waals surface area contributed by atoms with E-state index in [1.165, 1.54) is 0 Å². The van der Waals surface area contributed by atoms with Crippen LogP contribution in [0.2, 0.25) is 0 Å². The Balaban J connectivity index is 1.36. The molecule has 32 heavy (non-hydrogen) atoms. The smallest absolute Gasteiger partial charge is 0.315 e. The third-order valence-corrected chi connectivity index (χ3v) is 5.06. The fraction of sp³-hybridized carbons (Fsp3) is 0.115. The predicted molar refractivity (Wildman–Crippen MR) is 123 cm³/mol. The molecule has 0 saturated carbocycles. The standard InChI is InChI=1S/C26H23N3O3/c1-19-8-10-21(11-9-19)26(31)28(2)22-12-14-24(15-13-22)32-25(30)16-20-17-27-29(18-20)23-6-4-3-5-7-23/h3-15,17-18H,16H2,1-2H3. The van der Waals surface area contributed by atoms with Crippen LogP contribution in [0.3, 0.4) is 0 Å². The van der Waals surface area contributed by atoms with Crippen molar-refractivity contribution >= 4 is 17.6 Å². The van der Waals surface area contributed by atoms with Gasteiger partial charge in [-0.25, -0.2) is 4.68 Å². The Morgan fingerprint density at radius 2 is 1.62 bits per heavy atom. The molecule has 0 aliphatic rings. The normalized spacial score (nSPS) is 10.6. The van der Waals surface area contributed by atoms with Crippen LogP contribution in [-0.2, 0) is 11.2 Å². The molecule has 1 aromatic heterocycles. The van der Waals surface area contributed by atoms with E-state index in [9.17, 15) is 9.59 Å². The van der Waals surface area contributed by atoms with Crippen molar-refractivity contribution in [2.45, 2.75) is 13.3 Å². The van der Waals surface area contributed by atoms with E-state index < -0.39 is 0 Å². The van der Waals surface area contributed by atoms with Gasteiger partial charge >= 0.3 is 5.97 Å². The number of esters is 1. The molecule has 160 valence electrons. The molecule has 0 N–H and O–H groups in total. The molecule has 0 bridgehead atoms. The maximum absolute atomic E-state index is 12.7. The minimum absolute atomic E-state index is 0.106. The van der Waals surface area contributed by atoms with Gasteiger partial charge in [0, 0.05) is 30.1 Å². The lowest BCUT2D eigenvalue weighted by atomic mass is 10.1. The molecule has 6 heteroatoms. The molecule has 3 aromatic carbocycles. The third-order valence-electron chi connectivity index (χ3n) is 5.06. The molecular weight excluding hydrogens is 402 g/mol. The fourth-order valence-electron chi connectivity index (χ4n) is 3.25. The second kappa shape index (κ2) is 9.31. The summed E-state index contributed by atoms with van der Waals surface area (Å²) < 4.78 is 7.17. The van der Waals surface area contributed by atoms with E-state index in [-0.39, 0.29) is 18.3 Å². The Labute approximate surface area is 186 Å². The van der Waals surface area contributed by atoms with Crippen LogP contribution in [0.1, 0.15) is 21.5 Å². The van der Waals surface area contributed by atoms with Gasteiger partial charge in [-0.05, 0) is 55.5 Å². The van der Waals surface area contributed by atoms with Crippen molar-refractivity contribution in [2.75, 3.05) is 11.9 Å². The van der Waals surface area contributed by atoms with Crippen LogP contribution in [0, 0.1) is 6.92 Å². The number of carbonyl (C=O) groups is 2. The lowest BCUT2D eigenvalue weighted by Gasteiger charge is -2.18. The predicted octanol–water partition coefficient (Wildman–Crippen LogP) is 4.61. The first kappa shape index (κ1) is 21.1. The van der Waals surface area contributed by atoms with Gasteiger partial charge in [0.15, 0.2) is 0 Å². The first-order chi connectivity index (χ1) is 15.5. The number of aryl methyl sites for hydroxylation is 1. The Bertz CT molecular complexity index is 1210. The number of amides is 1. The van der Waals surface area contributed by atoms with E-state index in [1.54, 1.807) is 47.1 Å². The summed E-state index contributed by atoms with van der Waals surface area (Å²) in [6, 6.07) is 24.0. The Morgan fingerprint density at radius 1 is 0.938 bits per heavy atom. The van der Waals surface area contributed by atoms with Crippen molar-refractivity contribution in [3.63, 3.8) is 0 Å². The average molecular weight is 425 g/mol. The van der Waals surface area contributed by atoms with E-state index in [4.69, 9.17) is 4.74 Å². The van der Waals surface area contributed by atoms with Gasteiger partial charge in [0.25, 0.3) is 5.91 Å². The lowest BCUT2D eigenvalue weighted by molar-refractivity contribution is -0.133. The zero-order valence-corrected chi connectivity index (χ0v) is 17.9. The minimum atomic E-state index is -0.380. The highest BCUT2D eigenvalue weighted by molar-refractivity contribution is 6.05. The number of benzene rings is 3. The lowest BCUT2D eigenvalue weighted by Crippen LogP contribution is -2.26. The SMILES string of the molecule is Cc1ccc(C(=O)N(C)c2ccc(OC(=O)Cc3cnn(-c4ccccc4)c3)cc2)cc1. The zero-order valence-electron chi connectivity index (χ0n) is 17.9. The van der Waals surface area contributed by atoms with Crippen LogP contribution in [0.4, 0.5) is 5.69 Å². The molecule has 0 saturated heterocycles. The van der Waals surface area contributed by atoms with Crippen LogP contribution in [0.25, 0.3) is 5.69 Å². The first-order valence-corrected chi connectivity index (χ1v) is 10.2. The van der Waals surface area contributed by atoms with Crippen molar-refractivity contribution in [1.82, 2.24) is 9.78 Å². The van der Waals surface area contributed by atoms with Crippen LogP contribution in [0.15, 0.2) is 91.3 Å². The number of para-hydroxylation sites is 1. The van der Waals surface area contributed by atoms with Crippen LogP contribution in [-0.4, -0.2) is 28.7 Å². The van der Waals surface area contributed by atoms with Gasteiger partial charge in [0.2, 0.25) is 0 Å². The summed E-state index contributed by atoms with van der Waals surface area (Å²) in [4.78, 5) is 26.6. The molecule has 0 spiro atoms. The number of hydrogen-bond donors (Lipinski definition) is 0. The van der Waals surface area contributed by atoms with Gasteiger partial charge in [-0.3, -0.25) is 9.59 Å². The molecular formula is C26H23N3O3. The summed E-state index contributed by atoms with van der Waals surface area (Å²) in [6.45, 7) is 1.98. The molecule has 6 nitrogen and oxygen atoms in total. The van der Waals surface area contributed by atoms with E-state index in [1.807, 2.05) is 67.7 Å². The summed E-state index contributed by atoms with van der Waals surface area (Å²) in [5.74, 6) is -0.0648. The van der Waals surface area contributed by atoms with Crippen LogP contribution >= 0.6 is 0 Å². The second-order valence-electron chi connectivity index (χ2n) is 7.50. The molecule has 0 unspecified atom stereocenters. The van der Waals surface area contributed by atoms with Gasteiger partial charge in [-0.1, -0.05) is 35.9 Å². The highest BCUT2D eigenvalue weighted by atomic mass is 16.5. The number of ether oxygens (including phenoxy) is 1. The summed E-state index contributed by atoms with van der Waals surface area (Å²) in [7, 11) is 1.72. The topological polar surface area (TPSA) is 64.4 Å². The number of nitrogens with zero attached hydrogens (tertiary/aromatic N) is 3. The van der Waals surface area contributed by atoms with Crippen molar-refractivity contribution in [1.29, 1.82) is 0 Å². The van der Waals surface area contributed by atoms with Crippen LogP contribution in [0.5, 0.6) is 5.75 Å². The van der Waals surface area contributed by atoms with Gasteiger partial charge in [0.1, 0.15) is 5.75 Å². The Hall–Kier alpha value is -4.19. The molecule has 1 amide bonds. The molecule has 0 atom stereocenters. The van der Waals surface area contributed by atoms with Gasteiger partial charge in [-0.2, -0.15) is 5.10 Å². The highest BCUT2D eigenvalue weighted by Gasteiger charge is 2.14. The van der Waals surface area contributed by atoms with Crippen molar-refractivity contribution in [2.24, 2.45) is 0 Å². The van der Waals surface area contributed by atoms with Crippen molar-refractivity contribution < 1.29 is 14.3 Å².